The van der Waals surface area contributed by atoms with E-state index < -0.39 is 0 Å². The van der Waals surface area contributed by atoms with Crippen molar-refractivity contribution in [2.45, 2.75) is 6.42 Å². The second-order valence-electron chi connectivity index (χ2n) is 5.06. The van der Waals surface area contributed by atoms with Crippen LogP contribution in [-0.2, 0) is 0 Å². The summed E-state index contributed by atoms with van der Waals surface area (Å²) in [7, 11) is 0. The minimum Gasteiger partial charge on any atom is -0.369 e. The third-order valence-electron chi connectivity index (χ3n) is 3.41. The Labute approximate surface area is 144 Å². The summed E-state index contributed by atoms with van der Waals surface area (Å²) in [5.41, 5.74) is 24.7. The normalized spacial score (nSPS) is 15.8. The molecule has 0 saturated carbocycles. The van der Waals surface area contributed by atoms with E-state index >= 15 is 0 Å². The summed E-state index contributed by atoms with van der Waals surface area (Å²) >= 11 is 0. The fraction of sp³-hybridized carbons (Fsp3) is 0.0667. The summed E-state index contributed by atoms with van der Waals surface area (Å²) < 4.78 is 0. The Hall–Kier alpha value is -3.13. The first kappa shape index (κ1) is 17.2. The van der Waals surface area contributed by atoms with Crippen LogP contribution < -0.4 is 22.9 Å². The summed E-state index contributed by atoms with van der Waals surface area (Å²) in [6, 6.07) is 12.1. The smallest absolute Gasteiger partial charge is 0.211 e. The number of fused-ring (bicyclic) bond motifs is 2. The molecular formula is C15H17ClN8. The molecule has 3 rings (SSSR count). The molecule has 0 atom stereocenters. The zero-order valence-corrected chi connectivity index (χ0v) is 13.5. The Morgan fingerprint density at radius 3 is 1.54 bits per heavy atom. The molecule has 0 unspecified atom stereocenters. The summed E-state index contributed by atoms with van der Waals surface area (Å²) in [5, 5.41) is 17.9. The molecule has 2 aromatic carbocycles. The highest BCUT2D eigenvalue weighted by molar-refractivity contribution is 6.29. The first-order chi connectivity index (χ1) is 11.0. The second kappa shape index (κ2) is 6.97. The van der Waals surface area contributed by atoms with E-state index in [-0.39, 0.29) is 24.3 Å². The SMILES string of the molecule is Cl.NC(N)=N/N=C1\C/C(=N\N=C(N)N)c2cc3ccccc3cc21. The van der Waals surface area contributed by atoms with E-state index in [9.17, 15) is 0 Å². The molecule has 0 fully saturated rings. The van der Waals surface area contributed by atoms with Gasteiger partial charge in [-0.25, -0.2) is 0 Å². The second-order valence-corrected chi connectivity index (χ2v) is 5.06. The van der Waals surface area contributed by atoms with Crippen LogP contribution in [-0.4, -0.2) is 23.3 Å². The van der Waals surface area contributed by atoms with Crippen molar-refractivity contribution in [2.75, 3.05) is 0 Å². The van der Waals surface area contributed by atoms with Crippen LogP contribution in [0.4, 0.5) is 0 Å². The van der Waals surface area contributed by atoms with Crippen LogP contribution in [0.3, 0.4) is 0 Å². The Balaban J connectivity index is 0.00000208. The molecule has 8 nitrogen and oxygen atoms in total. The van der Waals surface area contributed by atoms with Gasteiger partial charge in [0, 0.05) is 17.5 Å². The van der Waals surface area contributed by atoms with Crippen molar-refractivity contribution in [3.63, 3.8) is 0 Å². The minimum absolute atomic E-state index is 0. The lowest BCUT2D eigenvalue weighted by molar-refractivity contribution is 1.18. The van der Waals surface area contributed by atoms with Gasteiger partial charge in [0.25, 0.3) is 0 Å². The number of nitrogens with zero attached hydrogens (tertiary/aromatic N) is 4. The number of hydrogen-bond donors (Lipinski definition) is 4. The van der Waals surface area contributed by atoms with E-state index in [4.69, 9.17) is 22.9 Å². The maximum atomic E-state index is 5.35. The summed E-state index contributed by atoms with van der Waals surface area (Å²) in [5.74, 6) is -0.205. The molecule has 0 radical (unpaired) electrons. The first-order valence-electron chi connectivity index (χ1n) is 6.89. The van der Waals surface area contributed by atoms with Gasteiger partial charge < -0.3 is 22.9 Å². The van der Waals surface area contributed by atoms with Gasteiger partial charge in [-0.2, -0.15) is 10.2 Å². The van der Waals surface area contributed by atoms with Gasteiger partial charge in [-0.05, 0) is 22.9 Å². The fourth-order valence-corrected chi connectivity index (χ4v) is 2.48. The highest BCUT2D eigenvalue weighted by Crippen LogP contribution is 2.28. The van der Waals surface area contributed by atoms with Gasteiger partial charge in [0.15, 0.2) is 0 Å². The molecule has 0 heterocycles. The van der Waals surface area contributed by atoms with Gasteiger partial charge in [0.2, 0.25) is 11.9 Å². The maximum absolute atomic E-state index is 5.35. The van der Waals surface area contributed by atoms with Crippen LogP contribution in [0.15, 0.2) is 56.8 Å². The van der Waals surface area contributed by atoms with E-state index in [1.54, 1.807) is 0 Å². The van der Waals surface area contributed by atoms with Crippen LogP contribution in [0, 0.1) is 0 Å². The van der Waals surface area contributed by atoms with Gasteiger partial charge in [-0.1, -0.05) is 24.3 Å². The third-order valence-corrected chi connectivity index (χ3v) is 3.41. The van der Waals surface area contributed by atoms with E-state index in [0.717, 1.165) is 21.9 Å². The Morgan fingerprint density at radius 1 is 0.750 bits per heavy atom. The van der Waals surface area contributed by atoms with E-state index in [0.29, 0.717) is 17.8 Å². The van der Waals surface area contributed by atoms with Crippen molar-refractivity contribution in [3.8, 4) is 0 Å². The van der Waals surface area contributed by atoms with Gasteiger partial charge in [-0.15, -0.1) is 22.6 Å². The van der Waals surface area contributed by atoms with Crippen molar-refractivity contribution in [2.24, 2.45) is 43.3 Å². The highest BCUT2D eigenvalue weighted by Gasteiger charge is 2.25. The zero-order chi connectivity index (χ0) is 16.4. The lowest BCUT2D eigenvalue weighted by atomic mass is 10.0. The quantitative estimate of drug-likeness (QED) is 0.358. The number of guanidine groups is 2. The summed E-state index contributed by atoms with van der Waals surface area (Å²) in [6.45, 7) is 0. The van der Waals surface area contributed by atoms with Crippen LogP contribution >= 0.6 is 12.4 Å². The number of benzene rings is 2. The Kier molecular flexibility index (Phi) is 5.00. The van der Waals surface area contributed by atoms with Gasteiger partial charge in [0.1, 0.15) is 0 Å². The Bertz CT molecular complexity index is 817. The number of hydrogen-bond acceptors (Lipinski definition) is 4. The molecule has 24 heavy (non-hydrogen) atoms. The maximum Gasteiger partial charge on any atom is 0.211 e. The van der Waals surface area contributed by atoms with Crippen molar-refractivity contribution in [1.29, 1.82) is 0 Å². The topological polar surface area (TPSA) is 154 Å². The molecule has 8 N–H and O–H groups in total. The van der Waals surface area contributed by atoms with Gasteiger partial charge in [-0.3, -0.25) is 0 Å². The monoisotopic (exact) mass is 344 g/mol. The largest absolute Gasteiger partial charge is 0.369 e. The Morgan fingerprint density at radius 2 is 1.17 bits per heavy atom. The molecule has 0 aliphatic heterocycles. The van der Waals surface area contributed by atoms with Crippen molar-refractivity contribution < 1.29 is 0 Å². The van der Waals surface area contributed by atoms with Crippen LogP contribution in [0.2, 0.25) is 0 Å². The summed E-state index contributed by atoms with van der Waals surface area (Å²) in [4.78, 5) is 0. The van der Waals surface area contributed by atoms with Gasteiger partial charge >= 0.3 is 0 Å². The van der Waals surface area contributed by atoms with Crippen molar-refractivity contribution in [1.82, 2.24) is 0 Å². The first-order valence-corrected chi connectivity index (χ1v) is 6.89. The summed E-state index contributed by atoms with van der Waals surface area (Å²) in [6.07, 6.45) is 0.444. The molecule has 124 valence electrons. The molecule has 0 spiro atoms. The van der Waals surface area contributed by atoms with Crippen LogP contribution in [0.1, 0.15) is 17.5 Å². The fourth-order valence-electron chi connectivity index (χ4n) is 2.48. The average Bonchev–Trinajstić information content (AvgIpc) is 2.86. The lowest BCUT2D eigenvalue weighted by Gasteiger charge is -2.03. The molecular weight excluding hydrogens is 328 g/mol. The molecule has 1 aliphatic rings. The highest BCUT2D eigenvalue weighted by atomic mass is 35.5. The molecule has 9 heteroatoms. The molecule has 0 bridgehead atoms. The minimum atomic E-state index is -0.102. The lowest BCUT2D eigenvalue weighted by Crippen LogP contribution is -2.22. The number of halogens is 1. The molecule has 0 amide bonds. The molecule has 0 saturated heterocycles. The zero-order valence-electron chi connectivity index (χ0n) is 12.7. The van der Waals surface area contributed by atoms with Gasteiger partial charge in [0.05, 0.1) is 11.4 Å². The van der Waals surface area contributed by atoms with Crippen LogP contribution in [0.5, 0.6) is 0 Å². The molecule has 2 aromatic rings. The van der Waals surface area contributed by atoms with Crippen molar-refractivity contribution >= 4 is 46.5 Å². The predicted octanol–water partition coefficient (Wildman–Crippen LogP) is 0.620. The average molecular weight is 345 g/mol. The number of rotatable bonds is 2. The number of nitrogens with two attached hydrogens (primary N) is 4. The van der Waals surface area contributed by atoms with Crippen LogP contribution in [0.25, 0.3) is 10.8 Å². The van der Waals surface area contributed by atoms with Crippen molar-refractivity contribution in [3.05, 3.63) is 47.5 Å². The van der Waals surface area contributed by atoms with E-state index in [1.165, 1.54) is 0 Å². The standard InChI is InChI=1S/C15H16N8.ClH/c16-14(17)22-20-12-7-13(21-23-15(18)19)11-6-9-4-2-1-3-8(9)5-10(11)12;/h1-6H,7H2,(H4,16,17,22)(H4,18,19,23);1H/b20-12+,21-13+;. The third kappa shape index (κ3) is 3.44. The van der Waals surface area contributed by atoms with E-state index in [1.807, 2.05) is 36.4 Å². The molecule has 0 aromatic heterocycles. The predicted molar refractivity (Wildman–Crippen MR) is 101 cm³/mol. The van der Waals surface area contributed by atoms with E-state index in [2.05, 4.69) is 20.4 Å². The molecule has 1 aliphatic carbocycles.